The van der Waals surface area contributed by atoms with Crippen molar-refractivity contribution in [2.75, 3.05) is 32.7 Å². The standard InChI is InChI=1S/C22H31ClN6/c23-17-5-3-16(4-6-17)12-20-14-28-9-1-2-19(28)15-29(20)18-7-10-27(11-8-18)22-13-21(24)25-26-22/h3-6,18-20H,1-2,7-15H2,(H2,24,25)/t19-,20?/m0/s1. The molecule has 1 aromatic rings. The molecule has 4 aliphatic rings. The minimum atomic E-state index is 0.588. The molecule has 3 fully saturated rings. The summed E-state index contributed by atoms with van der Waals surface area (Å²) >= 11 is 6.11. The molecule has 5 rings (SSSR count). The van der Waals surface area contributed by atoms with Crippen LogP contribution in [0.1, 0.15) is 37.7 Å². The van der Waals surface area contributed by atoms with Gasteiger partial charge >= 0.3 is 0 Å². The Morgan fingerprint density at radius 1 is 0.966 bits per heavy atom. The lowest BCUT2D eigenvalue weighted by atomic mass is 9.94. The van der Waals surface area contributed by atoms with Crippen LogP contribution in [0.2, 0.25) is 5.02 Å². The molecule has 29 heavy (non-hydrogen) atoms. The third kappa shape index (κ3) is 4.16. The molecule has 0 spiro atoms. The molecule has 0 amide bonds. The van der Waals surface area contributed by atoms with Gasteiger partial charge in [-0.3, -0.25) is 9.80 Å². The minimum Gasteiger partial charge on any atom is -0.385 e. The van der Waals surface area contributed by atoms with Crippen LogP contribution in [0.5, 0.6) is 0 Å². The van der Waals surface area contributed by atoms with Crippen LogP contribution < -0.4 is 5.73 Å². The number of hydrogen-bond donors (Lipinski definition) is 1. The van der Waals surface area contributed by atoms with E-state index in [0.717, 1.165) is 36.4 Å². The lowest BCUT2D eigenvalue weighted by Gasteiger charge is -2.49. The zero-order valence-corrected chi connectivity index (χ0v) is 17.8. The van der Waals surface area contributed by atoms with Gasteiger partial charge in [0, 0.05) is 49.3 Å². The molecule has 4 aliphatic heterocycles. The van der Waals surface area contributed by atoms with Gasteiger partial charge in [0.25, 0.3) is 0 Å². The maximum Gasteiger partial charge on any atom is 0.135 e. The van der Waals surface area contributed by atoms with Crippen molar-refractivity contribution in [1.29, 1.82) is 0 Å². The van der Waals surface area contributed by atoms with E-state index < -0.39 is 0 Å². The molecule has 0 aliphatic carbocycles. The highest BCUT2D eigenvalue weighted by molar-refractivity contribution is 6.30. The van der Waals surface area contributed by atoms with Crippen molar-refractivity contribution in [2.24, 2.45) is 15.9 Å². The average Bonchev–Trinajstić information content (AvgIpc) is 3.38. The van der Waals surface area contributed by atoms with Crippen molar-refractivity contribution in [2.45, 2.75) is 56.7 Å². The summed E-state index contributed by atoms with van der Waals surface area (Å²) in [6.07, 6.45) is 6.93. The third-order valence-electron chi connectivity index (χ3n) is 7.15. The first-order valence-electron chi connectivity index (χ1n) is 11.0. The van der Waals surface area contributed by atoms with Gasteiger partial charge in [-0.15, -0.1) is 10.2 Å². The average molecular weight is 415 g/mol. The van der Waals surface area contributed by atoms with Crippen LogP contribution in [0.3, 0.4) is 0 Å². The second-order valence-corrected chi connectivity index (χ2v) is 9.41. The number of halogens is 1. The number of likely N-dealkylation sites (tertiary alicyclic amines) is 1. The minimum absolute atomic E-state index is 0.588. The lowest BCUT2D eigenvalue weighted by Crippen LogP contribution is -2.61. The van der Waals surface area contributed by atoms with Gasteiger partial charge in [0.05, 0.1) is 6.42 Å². The van der Waals surface area contributed by atoms with Gasteiger partial charge in [0.15, 0.2) is 0 Å². The summed E-state index contributed by atoms with van der Waals surface area (Å²) in [5, 5.41) is 9.11. The molecule has 0 bridgehead atoms. The van der Waals surface area contributed by atoms with Crippen LogP contribution in [0.4, 0.5) is 0 Å². The Morgan fingerprint density at radius 3 is 2.48 bits per heavy atom. The number of benzene rings is 1. The van der Waals surface area contributed by atoms with Crippen molar-refractivity contribution < 1.29 is 0 Å². The molecular formula is C22H31ClN6. The van der Waals surface area contributed by atoms with E-state index in [1.165, 1.54) is 50.9 Å². The summed E-state index contributed by atoms with van der Waals surface area (Å²) in [4.78, 5) is 7.97. The molecule has 2 atom stereocenters. The fourth-order valence-electron chi connectivity index (χ4n) is 5.62. The summed E-state index contributed by atoms with van der Waals surface area (Å²) < 4.78 is 0. The molecular weight excluding hydrogens is 384 g/mol. The molecule has 1 aromatic carbocycles. The Balaban J connectivity index is 1.26. The molecule has 0 saturated carbocycles. The smallest absolute Gasteiger partial charge is 0.135 e. The predicted molar refractivity (Wildman–Crippen MR) is 119 cm³/mol. The second-order valence-electron chi connectivity index (χ2n) is 8.97. The Hall–Kier alpha value is -1.63. The fourth-order valence-corrected chi connectivity index (χ4v) is 5.74. The first-order valence-corrected chi connectivity index (χ1v) is 11.4. The summed E-state index contributed by atoms with van der Waals surface area (Å²) in [5.74, 6) is 1.70. The Morgan fingerprint density at radius 2 is 1.76 bits per heavy atom. The van der Waals surface area contributed by atoms with Gasteiger partial charge in [-0.25, -0.2) is 0 Å². The van der Waals surface area contributed by atoms with Crippen molar-refractivity contribution >= 4 is 23.3 Å². The highest BCUT2D eigenvalue weighted by Crippen LogP contribution is 2.31. The Kier molecular flexibility index (Phi) is 5.50. The van der Waals surface area contributed by atoms with Gasteiger partial charge < -0.3 is 10.6 Å². The van der Waals surface area contributed by atoms with E-state index in [0.29, 0.717) is 24.3 Å². The fraction of sp³-hybridized carbons (Fsp3) is 0.636. The monoisotopic (exact) mass is 414 g/mol. The second kappa shape index (κ2) is 8.25. The summed E-state index contributed by atoms with van der Waals surface area (Å²) in [7, 11) is 0. The molecule has 7 heteroatoms. The molecule has 6 nitrogen and oxygen atoms in total. The maximum atomic E-state index is 6.11. The van der Waals surface area contributed by atoms with Crippen LogP contribution >= 0.6 is 11.6 Å². The quantitative estimate of drug-likeness (QED) is 0.825. The van der Waals surface area contributed by atoms with Crippen molar-refractivity contribution in [1.82, 2.24) is 14.7 Å². The molecule has 156 valence electrons. The van der Waals surface area contributed by atoms with Crippen LogP contribution in [-0.4, -0.2) is 77.2 Å². The van der Waals surface area contributed by atoms with Gasteiger partial charge in [-0.05, 0) is 56.3 Å². The van der Waals surface area contributed by atoms with Crippen LogP contribution in [-0.2, 0) is 6.42 Å². The number of piperazine rings is 1. The Bertz CT molecular complexity index is 783. The number of hydrogen-bond acceptors (Lipinski definition) is 6. The molecule has 1 unspecified atom stereocenters. The highest BCUT2D eigenvalue weighted by Gasteiger charge is 2.40. The largest absolute Gasteiger partial charge is 0.385 e. The van der Waals surface area contributed by atoms with E-state index in [2.05, 4.69) is 37.0 Å². The van der Waals surface area contributed by atoms with Gasteiger partial charge in [-0.1, -0.05) is 23.7 Å². The summed E-state index contributed by atoms with van der Waals surface area (Å²) in [6, 6.07) is 10.4. The van der Waals surface area contributed by atoms with E-state index in [-0.39, 0.29) is 0 Å². The van der Waals surface area contributed by atoms with E-state index in [1.807, 2.05) is 12.1 Å². The lowest BCUT2D eigenvalue weighted by molar-refractivity contribution is 0.00450. The van der Waals surface area contributed by atoms with Crippen LogP contribution in [0.25, 0.3) is 0 Å². The molecule has 3 saturated heterocycles. The van der Waals surface area contributed by atoms with Gasteiger partial charge in [-0.2, -0.15) is 0 Å². The number of nitrogens with two attached hydrogens (primary N) is 1. The highest BCUT2D eigenvalue weighted by atomic mass is 35.5. The van der Waals surface area contributed by atoms with Gasteiger partial charge in [0.2, 0.25) is 0 Å². The van der Waals surface area contributed by atoms with Gasteiger partial charge in [0.1, 0.15) is 11.7 Å². The zero-order valence-electron chi connectivity index (χ0n) is 17.0. The third-order valence-corrected chi connectivity index (χ3v) is 7.40. The van der Waals surface area contributed by atoms with E-state index in [4.69, 9.17) is 17.3 Å². The number of piperidine rings is 1. The first-order chi connectivity index (χ1) is 14.2. The SMILES string of the molecule is NC1=NN=C(N2CCC(N3C[C@@H]4CCCN4CC3Cc3ccc(Cl)cc3)CC2)C1. The normalized spacial score (nSPS) is 29.1. The van der Waals surface area contributed by atoms with Crippen molar-refractivity contribution in [3.8, 4) is 0 Å². The molecule has 0 aromatic heterocycles. The molecule has 0 radical (unpaired) electrons. The van der Waals surface area contributed by atoms with Crippen molar-refractivity contribution in [3.05, 3.63) is 34.9 Å². The zero-order chi connectivity index (χ0) is 19.8. The molecule has 4 heterocycles. The van der Waals surface area contributed by atoms with Crippen molar-refractivity contribution in [3.63, 3.8) is 0 Å². The first kappa shape index (κ1) is 19.3. The van der Waals surface area contributed by atoms with E-state index in [9.17, 15) is 0 Å². The number of amidine groups is 2. The maximum absolute atomic E-state index is 6.11. The summed E-state index contributed by atoms with van der Waals surface area (Å²) in [6.45, 7) is 5.82. The van der Waals surface area contributed by atoms with E-state index in [1.54, 1.807) is 0 Å². The predicted octanol–water partition coefficient (Wildman–Crippen LogP) is 2.57. The molecule has 2 N–H and O–H groups in total. The van der Waals surface area contributed by atoms with Crippen LogP contribution in [0, 0.1) is 0 Å². The van der Waals surface area contributed by atoms with Crippen LogP contribution in [0.15, 0.2) is 34.5 Å². The topological polar surface area (TPSA) is 60.5 Å². The Labute approximate surface area is 178 Å². The number of nitrogens with zero attached hydrogens (tertiary/aromatic N) is 5. The van der Waals surface area contributed by atoms with E-state index >= 15 is 0 Å². The number of rotatable bonds is 3. The number of fused-ring (bicyclic) bond motifs is 1. The summed E-state index contributed by atoms with van der Waals surface area (Å²) in [5.41, 5.74) is 7.21.